The van der Waals surface area contributed by atoms with Crippen LogP contribution in [0.3, 0.4) is 0 Å². The lowest BCUT2D eigenvalue weighted by Crippen LogP contribution is -2.21. The summed E-state index contributed by atoms with van der Waals surface area (Å²) in [5.74, 6) is -0.716. The molecule has 1 atom stereocenters. The summed E-state index contributed by atoms with van der Waals surface area (Å²) < 4.78 is 0. The van der Waals surface area contributed by atoms with Crippen molar-refractivity contribution in [2.45, 2.75) is 19.4 Å². The van der Waals surface area contributed by atoms with Gasteiger partial charge in [0.25, 0.3) is 5.91 Å². The van der Waals surface area contributed by atoms with Gasteiger partial charge >= 0.3 is 5.97 Å². The van der Waals surface area contributed by atoms with E-state index in [4.69, 9.17) is 0 Å². The van der Waals surface area contributed by atoms with Gasteiger partial charge in [-0.2, -0.15) is 0 Å². The molecule has 2 aromatic carbocycles. The average Bonchev–Trinajstić information content (AvgIpc) is 3.39. The second kappa shape index (κ2) is 8.44. The molecule has 2 aromatic heterocycles. The summed E-state index contributed by atoms with van der Waals surface area (Å²) in [7, 11) is 0. The first-order chi connectivity index (χ1) is 16.0. The number of aliphatic carboxylic acids is 1. The molecule has 1 aliphatic carbocycles. The highest BCUT2D eigenvalue weighted by Gasteiger charge is 2.24. The standard InChI is InChI=1S/C24H19N5O3S/c1-13-11-17(13)21(30)27-16-9-7-15(8-10-16)22-29-19-20(25-12-26-23(19)33-22)28-18(24(31)32)14-5-3-2-4-6-14/h2-10,12,18H,11H2,1H3,(H,27,30)(H,31,32)(H,25,26,28). The fourth-order valence-electron chi connectivity index (χ4n) is 3.45. The number of aromatic nitrogens is 3. The van der Waals surface area contributed by atoms with E-state index < -0.39 is 12.0 Å². The van der Waals surface area contributed by atoms with Crippen LogP contribution >= 0.6 is 11.3 Å². The molecule has 0 saturated heterocycles. The maximum Gasteiger partial charge on any atom is 0.330 e. The van der Waals surface area contributed by atoms with Gasteiger partial charge < -0.3 is 15.7 Å². The minimum atomic E-state index is -1.02. The average molecular weight is 458 g/mol. The second-order valence-corrected chi connectivity index (χ2v) is 8.67. The Kier molecular flexibility index (Phi) is 5.31. The maximum atomic E-state index is 12.1. The van der Waals surface area contributed by atoms with Crippen LogP contribution in [0.25, 0.3) is 20.9 Å². The summed E-state index contributed by atoms with van der Waals surface area (Å²) in [5, 5.41) is 16.3. The number of hydrogen-bond donors (Lipinski definition) is 3. The van der Waals surface area contributed by atoms with Crippen molar-refractivity contribution < 1.29 is 14.7 Å². The van der Waals surface area contributed by atoms with E-state index in [2.05, 4.69) is 25.6 Å². The SMILES string of the molecule is CC1=C(C(=O)Nc2ccc(-c3nc4c(NC(C(=O)O)c5ccccc5)ncnc4s3)cc2)C1. The largest absolute Gasteiger partial charge is 0.479 e. The number of allylic oxidation sites excluding steroid dienone is 1. The summed E-state index contributed by atoms with van der Waals surface area (Å²) >= 11 is 1.39. The van der Waals surface area contributed by atoms with Gasteiger partial charge in [-0.15, -0.1) is 0 Å². The van der Waals surface area contributed by atoms with Crippen molar-refractivity contribution in [2.75, 3.05) is 10.6 Å². The summed E-state index contributed by atoms with van der Waals surface area (Å²) in [4.78, 5) is 37.8. The third-order valence-electron chi connectivity index (χ3n) is 5.35. The zero-order valence-electron chi connectivity index (χ0n) is 17.6. The number of benzene rings is 2. The van der Waals surface area contributed by atoms with E-state index in [9.17, 15) is 14.7 Å². The van der Waals surface area contributed by atoms with Crippen molar-refractivity contribution in [3.8, 4) is 10.6 Å². The van der Waals surface area contributed by atoms with Crippen molar-refractivity contribution in [3.05, 3.63) is 77.6 Å². The normalized spacial score (nSPS) is 13.6. The molecule has 1 aliphatic rings. The molecule has 8 nitrogen and oxygen atoms in total. The molecule has 4 aromatic rings. The summed E-state index contributed by atoms with van der Waals surface area (Å²) in [5.41, 5.74) is 4.67. The van der Waals surface area contributed by atoms with Crippen LogP contribution in [0.4, 0.5) is 11.5 Å². The monoisotopic (exact) mass is 457 g/mol. The number of anilines is 2. The van der Waals surface area contributed by atoms with E-state index in [1.807, 2.05) is 37.3 Å². The number of rotatable bonds is 7. The predicted octanol–water partition coefficient (Wildman–Crippen LogP) is 4.65. The summed E-state index contributed by atoms with van der Waals surface area (Å²) in [6.07, 6.45) is 2.17. The lowest BCUT2D eigenvalue weighted by molar-refractivity contribution is -0.138. The van der Waals surface area contributed by atoms with Gasteiger partial charge in [-0.3, -0.25) is 4.79 Å². The molecule has 0 radical (unpaired) electrons. The van der Waals surface area contributed by atoms with Crippen LogP contribution in [0.5, 0.6) is 0 Å². The first-order valence-corrected chi connectivity index (χ1v) is 11.1. The lowest BCUT2D eigenvalue weighted by atomic mass is 10.1. The smallest absolute Gasteiger partial charge is 0.330 e. The Morgan fingerprint density at radius 3 is 2.45 bits per heavy atom. The first-order valence-electron chi connectivity index (χ1n) is 10.3. The van der Waals surface area contributed by atoms with E-state index in [0.29, 0.717) is 27.4 Å². The highest BCUT2D eigenvalue weighted by molar-refractivity contribution is 7.21. The molecule has 0 aliphatic heterocycles. The van der Waals surface area contributed by atoms with Crippen LogP contribution < -0.4 is 10.6 Å². The zero-order valence-corrected chi connectivity index (χ0v) is 18.4. The Balaban J connectivity index is 1.40. The minimum Gasteiger partial charge on any atom is -0.479 e. The molecule has 1 amide bonds. The van der Waals surface area contributed by atoms with Crippen molar-refractivity contribution in [1.29, 1.82) is 0 Å². The number of fused-ring (bicyclic) bond motifs is 1. The Hall–Kier alpha value is -4.11. The van der Waals surface area contributed by atoms with Crippen molar-refractivity contribution >= 4 is 45.1 Å². The summed E-state index contributed by atoms with van der Waals surface area (Å²) in [6, 6.07) is 15.4. The van der Waals surface area contributed by atoms with Gasteiger partial charge in [-0.05, 0) is 43.2 Å². The fraction of sp³-hybridized carbons (Fsp3) is 0.125. The molecule has 1 unspecified atom stereocenters. The molecule has 164 valence electrons. The van der Waals surface area contributed by atoms with E-state index in [-0.39, 0.29) is 5.91 Å². The number of nitrogens with zero attached hydrogens (tertiary/aromatic N) is 3. The number of thiazole rings is 1. The van der Waals surface area contributed by atoms with Crippen LogP contribution in [0, 0.1) is 0 Å². The van der Waals surface area contributed by atoms with Gasteiger partial charge in [0.05, 0.1) is 0 Å². The van der Waals surface area contributed by atoms with Crippen LogP contribution in [0.2, 0.25) is 0 Å². The molecule has 0 saturated carbocycles. The van der Waals surface area contributed by atoms with Gasteiger partial charge in [0.15, 0.2) is 11.9 Å². The number of carboxylic acids is 1. The fourth-order valence-corrected chi connectivity index (χ4v) is 4.36. The molecule has 0 fully saturated rings. The number of nitrogens with one attached hydrogen (secondary N) is 2. The number of hydrogen-bond acceptors (Lipinski definition) is 7. The van der Waals surface area contributed by atoms with Gasteiger partial charge in [-0.25, -0.2) is 19.7 Å². The second-order valence-electron chi connectivity index (χ2n) is 7.69. The summed E-state index contributed by atoms with van der Waals surface area (Å²) in [6.45, 7) is 1.95. The lowest BCUT2D eigenvalue weighted by Gasteiger charge is -2.15. The zero-order chi connectivity index (χ0) is 22.9. The molecule has 33 heavy (non-hydrogen) atoms. The van der Waals surface area contributed by atoms with E-state index in [0.717, 1.165) is 28.1 Å². The molecule has 9 heteroatoms. The molecular formula is C24H19N5O3S. The topological polar surface area (TPSA) is 117 Å². The Bertz CT molecular complexity index is 1400. The van der Waals surface area contributed by atoms with Gasteiger partial charge in [0.1, 0.15) is 21.7 Å². The Labute approximate surface area is 193 Å². The molecule has 0 spiro atoms. The number of carboxylic acid groups (broad SMARTS) is 1. The molecule has 0 bridgehead atoms. The van der Waals surface area contributed by atoms with E-state index >= 15 is 0 Å². The highest BCUT2D eigenvalue weighted by atomic mass is 32.1. The number of carbonyl (C=O) groups is 2. The third-order valence-corrected chi connectivity index (χ3v) is 6.36. The molecule has 3 N–H and O–H groups in total. The van der Waals surface area contributed by atoms with Crippen LogP contribution in [0.15, 0.2) is 72.1 Å². The van der Waals surface area contributed by atoms with Gasteiger partial charge in [-0.1, -0.05) is 47.2 Å². The van der Waals surface area contributed by atoms with E-state index in [1.165, 1.54) is 17.7 Å². The quantitative estimate of drug-likeness (QED) is 0.370. The van der Waals surface area contributed by atoms with Crippen molar-refractivity contribution in [3.63, 3.8) is 0 Å². The van der Waals surface area contributed by atoms with Crippen molar-refractivity contribution in [1.82, 2.24) is 15.0 Å². The molecular weight excluding hydrogens is 438 g/mol. The number of carbonyl (C=O) groups excluding carboxylic acids is 1. The van der Waals surface area contributed by atoms with Crippen LogP contribution in [-0.4, -0.2) is 31.9 Å². The highest BCUT2D eigenvalue weighted by Crippen LogP contribution is 2.34. The Morgan fingerprint density at radius 2 is 1.79 bits per heavy atom. The van der Waals surface area contributed by atoms with Crippen LogP contribution in [-0.2, 0) is 9.59 Å². The number of amides is 1. The van der Waals surface area contributed by atoms with Gasteiger partial charge in [0, 0.05) is 16.8 Å². The maximum absolute atomic E-state index is 12.1. The Morgan fingerprint density at radius 1 is 1.06 bits per heavy atom. The van der Waals surface area contributed by atoms with Crippen molar-refractivity contribution in [2.24, 2.45) is 0 Å². The molecule has 2 heterocycles. The van der Waals surface area contributed by atoms with E-state index in [1.54, 1.807) is 24.3 Å². The van der Waals surface area contributed by atoms with Crippen LogP contribution in [0.1, 0.15) is 24.9 Å². The minimum absolute atomic E-state index is 0.0578. The molecule has 5 rings (SSSR count). The first kappa shape index (κ1) is 20.8. The predicted molar refractivity (Wildman–Crippen MR) is 127 cm³/mol. The van der Waals surface area contributed by atoms with Gasteiger partial charge in [0.2, 0.25) is 0 Å². The third kappa shape index (κ3) is 4.31.